The Hall–Kier alpha value is -1.79. The molecule has 2 atom stereocenters. The van der Waals surface area contributed by atoms with Crippen LogP contribution in [0.5, 0.6) is 0 Å². The predicted molar refractivity (Wildman–Crippen MR) is 82.7 cm³/mol. The topological polar surface area (TPSA) is 97.2 Å². The summed E-state index contributed by atoms with van der Waals surface area (Å²) in [7, 11) is 0. The van der Waals surface area contributed by atoms with Crippen LogP contribution in [0.15, 0.2) is 10.2 Å². The Balaban J connectivity index is 1.86. The van der Waals surface area contributed by atoms with E-state index in [1.165, 1.54) is 25.7 Å². The monoisotopic (exact) mass is 323 g/mol. The highest BCUT2D eigenvalue weighted by Crippen LogP contribution is 2.28. The van der Waals surface area contributed by atoms with Crippen LogP contribution in [0.25, 0.3) is 0 Å². The number of amides is 2. The number of carbonyl (C=O) groups is 3. The molecule has 0 radical (unpaired) electrons. The van der Waals surface area contributed by atoms with Crippen molar-refractivity contribution in [2.45, 2.75) is 71.1 Å². The highest BCUT2D eigenvalue weighted by atomic mass is 16.6. The zero-order valence-corrected chi connectivity index (χ0v) is 13.8. The number of hydrogen-bond acceptors (Lipinski definition) is 5. The van der Waals surface area contributed by atoms with Crippen molar-refractivity contribution in [3.05, 3.63) is 0 Å². The lowest BCUT2D eigenvalue weighted by molar-refractivity contribution is -0.132. The molecular formula is C16H25N3O4. The van der Waals surface area contributed by atoms with Gasteiger partial charge in [-0.2, -0.15) is 0 Å². The number of azo groups is 1. The van der Waals surface area contributed by atoms with Gasteiger partial charge in [0, 0.05) is 6.42 Å². The fourth-order valence-corrected chi connectivity index (χ4v) is 3.15. The molecule has 7 heteroatoms. The number of ether oxygens (including phenoxy) is 1. The minimum absolute atomic E-state index is 0.128. The zero-order chi connectivity index (χ0) is 16.8. The molecular weight excluding hydrogens is 298 g/mol. The van der Waals surface area contributed by atoms with Crippen molar-refractivity contribution in [2.75, 3.05) is 0 Å². The van der Waals surface area contributed by atoms with Crippen LogP contribution < -0.4 is 5.32 Å². The summed E-state index contributed by atoms with van der Waals surface area (Å²) >= 11 is 0. The van der Waals surface area contributed by atoms with Gasteiger partial charge in [-0.15, -0.1) is 5.11 Å². The quantitative estimate of drug-likeness (QED) is 0.742. The molecule has 128 valence electrons. The van der Waals surface area contributed by atoms with E-state index in [1.54, 1.807) is 0 Å². The first kappa shape index (κ1) is 17.6. The highest BCUT2D eigenvalue weighted by molar-refractivity contribution is 5.93. The van der Waals surface area contributed by atoms with E-state index in [0.29, 0.717) is 18.8 Å². The third kappa shape index (κ3) is 5.41. The molecule has 1 fully saturated rings. The molecule has 1 aliphatic heterocycles. The van der Waals surface area contributed by atoms with Gasteiger partial charge in [-0.05, 0) is 24.7 Å². The SMILES string of the molecule is CC(C)CC(NC(=O)CCC1CCCC1)C(=O)C1N=NC(=O)O1. The molecule has 0 bridgehead atoms. The number of nitrogens with one attached hydrogen (secondary N) is 1. The normalized spacial score (nSPS) is 22.4. The Morgan fingerprint density at radius 3 is 2.57 bits per heavy atom. The summed E-state index contributed by atoms with van der Waals surface area (Å²) in [6.45, 7) is 3.93. The van der Waals surface area contributed by atoms with E-state index in [9.17, 15) is 14.4 Å². The van der Waals surface area contributed by atoms with Gasteiger partial charge in [0.1, 0.15) is 0 Å². The van der Waals surface area contributed by atoms with Crippen LogP contribution >= 0.6 is 0 Å². The number of cyclic esters (lactones) is 1. The molecule has 1 saturated carbocycles. The average Bonchev–Trinajstić information content (AvgIpc) is 3.14. The van der Waals surface area contributed by atoms with Crippen molar-refractivity contribution in [2.24, 2.45) is 22.1 Å². The maximum Gasteiger partial charge on any atom is 0.454 e. The highest BCUT2D eigenvalue weighted by Gasteiger charge is 2.34. The Morgan fingerprint density at radius 2 is 2.00 bits per heavy atom. The van der Waals surface area contributed by atoms with Gasteiger partial charge in [0.05, 0.1) is 6.04 Å². The van der Waals surface area contributed by atoms with Crippen molar-refractivity contribution in [3.8, 4) is 0 Å². The maximum absolute atomic E-state index is 12.4. The van der Waals surface area contributed by atoms with Crippen LogP contribution in [0.2, 0.25) is 0 Å². The molecule has 0 saturated heterocycles. The van der Waals surface area contributed by atoms with E-state index in [2.05, 4.69) is 15.5 Å². The molecule has 2 unspecified atom stereocenters. The molecule has 0 aromatic heterocycles. The lowest BCUT2D eigenvalue weighted by Gasteiger charge is -2.21. The second kappa shape index (κ2) is 8.17. The standard InChI is InChI=1S/C16H25N3O4/c1-10(2)9-12(14(21)15-18-19-16(22)23-15)17-13(20)8-7-11-5-3-4-6-11/h10-12,15H,3-9H2,1-2H3,(H,17,20). The van der Waals surface area contributed by atoms with Crippen LogP contribution in [-0.2, 0) is 14.3 Å². The smallest absolute Gasteiger partial charge is 0.411 e. The van der Waals surface area contributed by atoms with Crippen LogP contribution in [0.4, 0.5) is 4.79 Å². The summed E-state index contributed by atoms with van der Waals surface area (Å²) in [6, 6.07) is -0.694. The summed E-state index contributed by atoms with van der Waals surface area (Å²) in [6.07, 6.45) is 4.58. The van der Waals surface area contributed by atoms with E-state index in [-0.39, 0.29) is 11.8 Å². The molecule has 0 spiro atoms. The van der Waals surface area contributed by atoms with Gasteiger partial charge in [-0.1, -0.05) is 44.6 Å². The van der Waals surface area contributed by atoms with Gasteiger partial charge >= 0.3 is 6.09 Å². The molecule has 1 N–H and O–H groups in total. The minimum atomic E-state index is -1.22. The first-order valence-electron chi connectivity index (χ1n) is 8.40. The lowest BCUT2D eigenvalue weighted by atomic mass is 9.98. The fraction of sp³-hybridized carbons (Fsp3) is 0.812. The second-order valence-corrected chi connectivity index (χ2v) is 6.79. The molecule has 1 aliphatic carbocycles. The summed E-state index contributed by atoms with van der Waals surface area (Å²) in [5.41, 5.74) is 0. The van der Waals surface area contributed by atoms with E-state index in [4.69, 9.17) is 4.74 Å². The lowest BCUT2D eigenvalue weighted by Crippen LogP contribution is -2.46. The molecule has 1 heterocycles. The summed E-state index contributed by atoms with van der Waals surface area (Å²) in [5, 5.41) is 9.49. The van der Waals surface area contributed by atoms with E-state index < -0.39 is 24.1 Å². The number of carbonyl (C=O) groups excluding carboxylic acids is 3. The van der Waals surface area contributed by atoms with E-state index >= 15 is 0 Å². The van der Waals surface area contributed by atoms with Crippen LogP contribution in [0.3, 0.4) is 0 Å². The molecule has 0 aromatic rings. The number of hydrogen-bond donors (Lipinski definition) is 1. The average molecular weight is 323 g/mol. The molecule has 2 aliphatic rings. The summed E-state index contributed by atoms with van der Waals surface area (Å²) in [4.78, 5) is 35.5. The predicted octanol–water partition coefficient (Wildman–Crippen LogP) is 2.99. The third-order valence-electron chi connectivity index (χ3n) is 4.34. The summed E-state index contributed by atoms with van der Waals surface area (Å²) < 4.78 is 4.74. The molecule has 7 nitrogen and oxygen atoms in total. The second-order valence-electron chi connectivity index (χ2n) is 6.79. The first-order valence-corrected chi connectivity index (χ1v) is 8.40. The van der Waals surface area contributed by atoms with Gasteiger partial charge in [0.2, 0.25) is 11.7 Å². The number of ketones is 1. The number of Topliss-reactive ketones (excluding diaryl/α,β-unsaturated/α-hetero) is 1. The molecule has 0 aromatic carbocycles. The van der Waals surface area contributed by atoms with Gasteiger partial charge < -0.3 is 10.1 Å². The van der Waals surface area contributed by atoms with Gasteiger partial charge in [0.25, 0.3) is 6.23 Å². The molecule has 23 heavy (non-hydrogen) atoms. The Morgan fingerprint density at radius 1 is 1.30 bits per heavy atom. The van der Waals surface area contributed by atoms with Crippen LogP contribution in [-0.4, -0.2) is 30.1 Å². The van der Waals surface area contributed by atoms with Crippen molar-refractivity contribution in [1.29, 1.82) is 0 Å². The van der Waals surface area contributed by atoms with Crippen molar-refractivity contribution < 1.29 is 19.1 Å². The number of nitrogens with zero attached hydrogens (tertiary/aromatic N) is 2. The maximum atomic E-state index is 12.4. The largest absolute Gasteiger partial charge is 0.454 e. The van der Waals surface area contributed by atoms with Gasteiger partial charge in [0.15, 0.2) is 0 Å². The molecule has 2 amide bonds. The molecule has 2 rings (SSSR count). The number of rotatable bonds is 8. The Bertz CT molecular complexity index is 484. The van der Waals surface area contributed by atoms with Crippen molar-refractivity contribution >= 4 is 17.8 Å². The zero-order valence-electron chi connectivity index (χ0n) is 13.8. The third-order valence-corrected chi connectivity index (χ3v) is 4.34. The van der Waals surface area contributed by atoms with Crippen LogP contribution in [0, 0.1) is 11.8 Å². The van der Waals surface area contributed by atoms with Crippen LogP contribution in [0.1, 0.15) is 58.8 Å². The first-order chi connectivity index (χ1) is 11.0. The Labute approximate surface area is 136 Å². The van der Waals surface area contributed by atoms with Gasteiger partial charge in [-0.3, -0.25) is 9.59 Å². The van der Waals surface area contributed by atoms with E-state index in [1.807, 2.05) is 13.8 Å². The minimum Gasteiger partial charge on any atom is -0.411 e. The fourth-order valence-electron chi connectivity index (χ4n) is 3.15. The van der Waals surface area contributed by atoms with Crippen molar-refractivity contribution in [1.82, 2.24) is 5.32 Å². The van der Waals surface area contributed by atoms with Gasteiger partial charge in [-0.25, -0.2) is 4.79 Å². The van der Waals surface area contributed by atoms with E-state index in [0.717, 1.165) is 6.42 Å². The van der Waals surface area contributed by atoms with Crippen molar-refractivity contribution in [3.63, 3.8) is 0 Å². The Kier molecular flexibility index (Phi) is 6.24. The summed E-state index contributed by atoms with van der Waals surface area (Å²) in [5.74, 6) is 0.303.